The Labute approximate surface area is 121 Å². The van der Waals surface area contributed by atoms with Crippen molar-refractivity contribution in [2.45, 2.75) is 18.6 Å². The fourth-order valence-electron chi connectivity index (χ4n) is 2.62. The molecule has 0 bridgehead atoms. The lowest BCUT2D eigenvalue weighted by Crippen LogP contribution is -2.45. The summed E-state index contributed by atoms with van der Waals surface area (Å²) in [6.45, 7) is 6.87. The van der Waals surface area contributed by atoms with Crippen LogP contribution in [0.3, 0.4) is 0 Å². The van der Waals surface area contributed by atoms with Crippen molar-refractivity contribution in [3.63, 3.8) is 0 Å². The number of nitrogens with zero attached hydrogens (tertiary/aromatic N) is 1. The van der Waals surface area contributed by atoms with E-state index in [2.05, 4.69) is 16.8 Å². The second-order valence-corrected chi connectivity index (χ2v) is 5.06. The molecule has 1 atom stereocenters. The number of rotatable bonds is 4. The van der Waals surface area contributed by atoms with Gasteiger partial charge in [0.15, 0.2) is 0 Å². The van der Waals surface area contributed by atoms with E-state index in [-0.39, 0.29) is 6.04 Å². The van der Waals surface area contributed by atoms with Gasteiger partial charge in [0.1, 0.15) is 5.82 Å². The van der Waals surface area contributed by atoms with E-state index >= 15 is 0 Å². The van der Waals surface area contributed by atoms with Crippen LogP contribution in [0.4, 0.5) is 17.6 Å². The predicted molar refractivity (Wildman–Crippen MR) is 73.4 cm³/mol. The van der Waals surface area contributed by atoms with Gasteiger partial charge < -0.3 is 5.32 Å². The van der Waals surface area contributed by atoms with Crippen LogP contribution in [0.15, 0.2) is 30.9 Å². The van der Waals surface area contributed by atoms with Crippen LogP contribution < -0.4 is 5.32 Å². The molecule has 1 aromatic carbocycles. The number of benzene rings is 1. The highest BCUT2D eigenvalue weighted by atomic mass is 19.4. The Morgan fingerprint density at radius 2 is 1.95 bits per heavy atom. The number of alkyl halides is 3. The van der Waals surface area contributed by atoms with Gasteiger partial charge in [-0.1, -0.05) is 12.1 Å². The standard InChI is InChI=1S/C15H18F4N2/c1-2-3-14(21-8-6-20-7-9-21)11-4-5-12(13(16)10-11)15(17,18)19/h2,4-5,10,14,20H,1,3,6-9H2/t14-/m0/s1. The van der Waals surface area contributed by atoms with Gasteiger partial charge in [0.2, 0.25) is 0 Å². The second-order valence-electron chi connectivity index (χ2n) is 5.06. The minimum atomic E-state index is -4.66. The Bertz CT molecular complexity index is 493. The zero-order chi connectivity index (χ0) is 15.5. The number of hydrogen-bond donors (Lipinski definition) is 1. The minimum absolute atomic E-state index is 0.138. The summed E-state index contributed by atoms with van der Waals surface area (Å²) in [4.78, 5) is 2.14. The molecule has 0 saturated carbocycles. The molecular weight excluding hydrogens is 284 g/mol. The molecule has 0 spiro atoms. The third kappa shape index (κ3) is 3.83. The number of piperazine rings is 1. The lowest BCUT2D eigenvalue weighted by molar-refractivity contribution is -0.140. The lowest BCUT2D eigenvalue weighted by Gasteiger charge is -2.35. The van der Waals surface area contributed by atoms with E-state index in [0.29, 0.717) is 12.0 Å². The Hall–Kier alpha value is -1.40. The van der Waals surface area contributed by atoms with Crippen LogP contribution >= 0.6 is 0 Å². The molecule has 0 unspecified atom stereocenters. The summed E-state index contributed by atoms with van der Waals surface area (Å²) < 4.78 is 51.6. The molecule has 2 rings (SSSR count). The van der Waals surface area contributed by atoms with Gasteiger partial charge in [-0.2, -0.15) is 13.2 Å². The predicted octanol–water partition coefficient (Wildman–Crippen LogP) is 3.37. The normalized spacial score (nSPS) is 18.5. The van der Waals surface area contributed by atoms with Gasteiger partial charge in [0.05, 0.1) is 5.56 Å². The highest BCUT2D eigenvalue weighted by Gasteiger charge is 2.34. The molecule has 6 heteroatoms. The molecule has 0 aliphatic carbocycles. The van der Waals surface area contributed by atoms with Crippen LogP contribution in [0.5, 0.6) is 0 Å². The average Bonchev–Trinajstić information content (AvgIpc) is 2.44. The van der Waals surface area contributed by atoms with Crippen LogP contribution in [0, 0.1) is 5.82 Å². The van der Waals surface area contributed by atoms with Gasteiger partial charge in [-0.05, 0) is 24.1 Å². The Morgan fingerprint density at radius 3 is 2.48 bits per heavy atom. The topological polar surface area (TPSA) is 15.3 Å². The van der Waals surface area contributed by atoms with E-state index in [1.807, 2.05) is 0 Å². The molecule has 1 aromatic rings. The lowest BCUT2D eigenvalue weighted by atomic mass is 9.99. The molecule has 116 valence electrons. The molecule has 0 amide bonds. The van der Waals surface area contributed by atoms with E-state index in [4.69, 9.17) is 0 Å². The number of halogens is 4. The van der Waals surface area contributed by atoms with E-state index in [0.717, 1.165) is 38.3 Å². The first-order valence-corrected chi connectivity index (χ1v) is 6.86. The molecule has 1 heterocycles. The number of nitrogens with one attached hydrogen (secondary N) is 1. The van der Waals surface area contributed by atoms with Gasteiger partial charge in [0, 0.05) is 32.2 Å². The molecule has 1 saturated heterocycles. The van der Waals surface area contributed by atoms with Crippen molar-refractivity contribution < 1.29 is 17.6 Å². The highest BCUT2D eigenvalue weighted by Crippen LogP contribution is 2.34. The Balaban J connectivity index is 2.28. The van der Waals surface area contributed by atoms with Gasteiger partial charge in [-0.3, -0.25) is 4.90 Å². The molecule has 1 N–H and O–H groups in total. The SMILES string of the molecule is C=CC[C@@H](c1ccc(C(F)(F)F)c(F)c1)N1CCNCC1. The molecule has 1 aliphatic rings. The number of hydrogen-bond acceptors (Lipinski definition) is 2. The van der Waals surface area contributed by atoms with Gasteiger partial charge in [-0.25, -0.2) is 4.39 Å². The molecular formula is C15H18F4N2. The first kappa shape index (κ1) is 16.0. The summed E-state index contributed by atoms with van der Waals surface area (Å²) in [5.41, 5.74) is -0.661. The quantitative estimate of drug-likeness (QED) is 0.677. The fraction of sp³-hybridized carbons (Fsp3) is 0.467. The summed E-state index contributed by atoms with van der Waals surface area (Å²) in [6.07, 6.45) is -2.38. The van der Waals surface area contributed by atoms with Crippen LogP contribution in [0.2, 0.25) is 0 Å². The third-order valence-corrected chi connectivity index (χ3v) is 3.67. The van der Waals surface area contributed by atoms with Crippen molar-refractivity contribution in [3.8, 4) is 0 Å². The fourth-order valence-corrected chi connectivity index (χ4v) is 2.62. The zero-order valence-electron chi connectivity index (χ0n) is 11.6. The smallest absolute Gasteiger partial charge is 0.314 e. The van der Waals surface area contributed by atoms with Crippen molar-refractivity contribution in [1.29, 1.82) is 0 Å². The van der Waals surface area contributed by atoms with Crippen LogP contribution in [-0.4, -0.2) is 31.1 Å². The maximum absolute atomic E-state index is 13.7. The Kier molecular flexibility index (Phi) is 5.00. The van der Waals surface area contributed by atoms with Crippen molar-refractivity contribution in [1.82, 2.24) is 10.2 Å². The minimum Gasteiger partial charge on any atom is -0.314 e. The molecule has 0 aromatic heterocycles. The summed E-state index contributed by atoms with van der Waals surface area (Å²) in [5, 5.41) is 3.21. The van der Waals surface area contributed by atoms with E-state index in [9.17, 15) is 17.6 Å². The largest absolute Gasteiger partial charge is 0.419 e. The highest BCUT2D eigenvalue weighted by molar-refractivity contribution is 5.29. The van der Waals surface area contributed by atoms with E-state index in [1.165, 1.54) is 6.07 Å². The molecule has 21 heavy (non-hydrogen) atoms. The van der Waals surface area contributed by atoms with Gasteiger partial charge >= 0.3 is 6.18 Å². The van der Waals surface area contributed by atoms with Crippen LogP contribution in [0.25, 0.3) is 0 Å². The second kappa shape index (κ2) is 6.58. The van der Waals surface area contributed by atoms with Crippen molar-refractivity contribution in [2.75, 3.05) is 26.2 Å². The molecule has 1 fully saturated rings. The average molecular weight is 302 g/mol. The third-order valence-electron chi connectivity index (χ3n) is 3.67. The maximum atomic E-state index is 13.7. The van der Waals surface area contributed by atoms with Crippen LogP contribution in [-0.2, 0) is 6.18 Å². The van der Waals surface area contributed by atoms with E-state index in [1.54, 1.807) is 6.08 Å². The van der Waals surface area contributed by atoms with Crippen molar-refractivity contribution in [3.05, 3.63) is 47.8 Å². The summed E-state index contributed by atoms with van der Waals surface area (Å²) in [5.74, 6) is -1.22. The van der Waals surface area contributed by atoms with Gasteiger partial charge in [-0.15, -0.1) is 6.58 Å². The maximum Gasteiger partial charge on any atom is 0.419 e. The summed E-state index contributed by atoms with van der Waals surface area (Å²) in [6, 6.07) is 3.05. The van der Waals surface area contributed by atoms with E-state index < -0.39 is 17.6 Å². The summed E-state index contributed by atoms with van der Waals surface area (Å²) in [7, 11) is 0. The summed E-state index contributed by atoms with van der Waals surface area (Å²) >= 11 is 0. The molecule has 2 nitrogen and oxygen atoms in total. The first-order chi connectivity index (χ1) is 9.93. The molecule has 0 radical (unpaired) electrons. The Morgan fingerprint density at radius 1 is 1.29 bits per heavy atom. The first-order valence-electron chi connectivity index (χ1n) is 6.86. The molecule has 1 aliphatic heterocycles. The van der Waals surface area contributed by atoms with Crippen molar-refractivity contribution in [2.24, 2.45) is 0 Å². The van der Waals surface area contributed by atoms with Crippen molar-refractivity contribution >= 4 is 0 Å². The van der Waals surface area contributed by atoms with Gasteiger partial charge in [0.25, 0.3) is 0 Å². The zero-order valence-corrected chi connectivity index (χ0v) is 11.6. The monoisotopic (exact) mass is 302 g/mol. The van der Waals surface area contributed by atoms with Crippen LogP contribution in [0.1, 0.15) is 23.6 Å².